The van der Waals surface area contributed by atoms with Crippen LogP contribution in [-0.4, -0.2) is 17.1 Å². The minimum Gasteiger partial charge on any atom is -0.466 e. The van der Waals surface area contributed by atoms with Gasteiger partial charge in [-0.1, -0.05) is 36.4 Å². The van der Waals surface area contributed by atoms with Crippen LogP contribution in [0.5, 0.6) is 0 Å². The van der Waals surface area contributed by atoms with E-state index < -0.39 is 0 Å². The molecule has 0 bridgehead atoms. The van der Waals surface area contributed by atoms with Gasteiger partial charge in [0.2, 0.25) is 0 Å². The lowest BCUT2D eigenvalue weighted by molar-refractivity contribution is -0.142. The molecule has 1 aromatic heterocycles. The molecule has 3 nitrogen and oxygen atoms in total. The number of hydrogen-bond acceptors (Lipinski definition) is 2. The molecule has 0 aliphatic rings. The van der Waals surface area contributed by atoms with Crippen LogP contribution < -0.4 is 0 Å². The molecule has 2 aromatic carbocycles. The molecule has 0 saturated carbocycles. The van der Waals surface area contributed by atoms with E-state index in [2.05, 4.69) is 29.7 Å². The fourth-order valence-electron chi connectivity index (χ4n) is 3.39. The lowest BCUT2D eigenvalue weighted by Crippen LogP contribution is -2.02. The van der Waals surface area contributed by atoms with Crippen molar-refractivity contribution < 1.29 is 13.9 Å². The summed E-state index contributed by atoms with van der Waals surface area (Å²) < 4.78 is 20.6. The maximum absolute atomic E-state index is 13.4. The van der Waals surface area contributed by atoms with Crippen molar-refractivity contribution in [3.63, 3.8) is 0 Å². The van der Waals surface area contributed by atoms with Crippen LogP contribution in [0.2, 0.25) is 0 Å². The van der Waals surface area contributed by atoms with E-state index in [1.807, 2.05) is 37.3 Å². The number of ether oxygens (including phenoxy) is 1. The van der Waals surface area contributed by atoms with Crippen LogP contribution in [0.15, 0.2) is 54.6 Å². The van der Waals surface area contributed by atoms with Gasteiger partial charge in [0.1, 0.15) is 5.82 Å². The standard InChI is InChI=1S/C23H24FNO2/c1-3-25-20-10-6-5-9-19(20)23(17-13-15-18(24)16-14-17)21(25)11-7-8-12-22(26)27-4-2/h5-7,9-11,13-16H,3-4,8,12H2,1-2H3/b11-7+. The average molecular weight is 365 g/mol. The molecule has 140 valence electrons. The third-order valence-corrected chi connectivity index (χ3v) is 4.56. The number of hydrogen-bond donors (Lipinski definition) is 0. The number of carbonyl (C=O) groups excluding carboxylic acids is 1. The number of allylic oxidation sites excluding steroid dienone is 1. The zero-order valence-electron chi connectivity index (χ0n) is 15.7. The number of benzene rings is 2. The Hall–Kier alpha value is -2.88. The predicted molar refractivity (Wildman–Crippen MR) is 108 cm³/mol. The molecular weight excluding hydrogens is 341 g/mol. The Bertz CT molecular complexity index is 954. The molecular formula is C23H24FNO2. The summed E-state index contributed by atoms with van der Waals surface area (Å²) in [6, 6.07) is 14.8. The number of aryl methyl sites for hydroxylation is 1. The monoisotopic (exact) mass is 365 g/mol. The second-order valence-electron chi connectivity index (χ2n) is 6.27. The van der Waals surface area contributed by atoms with Crippen molar-refractivity contribution in [1.82, 2.24) is 4.57 Å². The first-order chi connectivity index (χ1) is 13.2. The van der Waals surface area contributed by atoms with E-state index in [0.29, 0.717) is 19.4 Å². The maximum atomic E-state index is 13.4. The summed E-state index contributed by atoms with van der Waals surface area (Å²) in [6.45, 7) is 5.14. The number of fused-ring (bicyclic) bond motifs is 1. The van der Waals surface area contributed by atoms with Gasteiger partial charge in [-0.05, 0) is 50.1 Å². The van der Waals surface area contributed by atoms with Crippen molar-refractivity contribution in [2.24, 2.45) is 0 Å². The van der Waals surface area contributed by atoms with E-state index >= 15 is 0 Å². The Morgan fingerprint density at radius 1 is 1.11 bits per heavy atom. The van der Waals surface area contributed by atoms with Crippen LogP contribution in [0.1, 0.15) is 32.4 Å². The Kier molecular flexibility index (Phi) is 6.07. The van der Waals surface area contributed by atoms with E-state index in [9.17, 15) is 9.18 Å². The topological polar surface area (TPSA) is 31.2 Å². The van der Waals surface area contributed by atoms with Gasteiger partial charge in [-0.15, -0.1) is 0 Å². The predicted octanol–water partition coefficient (Wildman–Crippen LogP) is 5.82. The lowest BCUT2D eigenvalue weighted by Gasteiger charge is -2.07. The van der Waals surface area contributed by atoms with Gasteiger partial charge >= 0.3 is 5.97 Å². The average Bonchev–Trinajstić information content (AvgIpc) is 2.99. The molecule has 0 aliphatic carbocycles. The van der Waals surface area contributed by atoms with E-state index in [1.165, 1.54) is 12.1 Å². The first kappa shape index (κ1) is 18.9. The SMILES string of the molecule is CCOC(=O)CC/C=C/c1c(-c2ccc(F)cc2)c2ccccc2n1CC. The molecule has 4 heteroatoms. The number of aromatic nitrogens is 1. The van der Waals surface area contributed by atoms with Crippen molar-refractivity contribution in [3.8, 4) is 11.1 Å². The van der Waals surface area contributed by atoms with E-state index in [1.54, 1.807) is 0 Å². The van der Waals surface area contributed by atoms with Crippen LogP contribution in [0.4, 0.5) is 4.39 Å². The summed E-state index contributed by atoms with van der Waals surface area (Å²) in [5, 5.41) is 1.14. The molecule has 0 aliphatic heterocycles. The number of esters is 1. The van der Waals surface area contributed by atoms with Gasteiger partial charge in [-0.25, -0.2) is 4.39 Å². The van der Waals surface area contributed by atoms with Crippen molar-refractivity contribution in [3.05, 3.63) is 66.1 Å². The molecule has 0 N–H and O–H groups in total. The van der Waals surface area contributed by atoms with Gasteiger partial charge in [0, 0.05) is 35.1 Å². The third kappa shape index (κ3) is 4.11. The third-order valence-electron chi connectivity index (χ3n) is 4.56. The molecule has 3 rings (SSSR count). The Morgan fingerprint density at radius 3 is 2.56 bits per heavy atom. The van der Waals surface area contributed by atoms with Crippen molar-refractivity contribution in [2.45, 2.75) is 33.2 Å². The smallest absolute Gasteiger partial charge is 0.306 e. The summed E-state index contributed by atoms with van der Waals surface area (Å²) in [7, 11) is 0. The van der Waals surface area contributed by atoms with Gasteiger partial charge in [0.25, 0.3) is 0 Å². The highest BCUT2D eigenvalue weighted by Crippen LogP contribution is 2.36. The Morgan fingerprint density at radius 2 is 1.85 bits per heavy atom. The number of nitrogens with zero attached hydrogens (tertiary/aromatic N) is 1. The second-order valence-corrected chi connectivity index (χ2v) is 6.27. The zero-order valence-corrected chi connectivity index (χ0v) is 15.7. The molecule has 27 heavy (non-hydrogen) atoms. The number of para-hydroxylation sites is 1. The second kappa shape index (κ2) is 8.67. The van der Waals surface area contributed by atoms with Gasteiger partial charge in [-0.3, -0.25) is 4.79 Å². The molecule has 0 amide bonds. The van der Waals surface area contributed by atoms with Crippen molar-refractivity contribution in [2.75, 3.05) is 6.61 Å². The lowest BCUT2D eigenvalue weighted by atomic mass is 10.0. The first-order valence-electron chi connectivity index (χ1n) is 9.35. The summed E-state index contributed by atoms with van der Waals surface area (Å²) in [5.74, 6) is -0.429. The van der Waals surface area contributed by atoms with E-state index in [-0.39, 0.29) is 11.8 Å². The molecule has 0 radical (unpaired) electrons. The molecule has 3 aromatic rings. The largest absolute Gasteiger partial charge is 0.466 e. The molecule has 0 spiro atoms. The number of rotatable bonds is 7. The number of halogens is 1. The highest BCUT2D eigenvalue weighted by Gasteiger charge is 2.15. The van der Waals surface area contributed by atoms with Crippen LogP contribution in [0.25, 0.3) is 28.1 Å². The maximum Gasteiger partial charge on any atom is 0.306 e. The van der Waals surface area contributed by atoms with Crippen LogP contribution in [0, 0.1) is 5.82 Å². The van der Waals surface area contributed by atoms with Crippen molar-refractivity contribution >= 4 is 22.9 Å². The van der Waals surface area contributed by atoms with Gasteiger partial charge < -0.3 is 9.30 Å². The van der Waals surface area contributed by atoms with E-state index in [4.69, 9.17) is 4.74 Å². The van der Waals surface area contributed by atoms with Gasteiger partial charge in [-0.2, -0.15) is 0 Å². The molecule has 0 atom stereocenters. The Labute approximate surface area is 159 Å². The normalized spacial score (nSPS) is 11.4. The fourth-order valence-corrected chi connectivity index (χ4v) is 3.39. The fraction of sp³-hybridized carbons (Fsp3) is 0.261. The minimum atomic E-state index is -0.246. The zero-order chi connectivity index (χ0) is 19.2. The quantitative estimate of drug-likeness (QED) is 0.494. The summed E-state index contributed by atoms with van der Waals surface area (Å²) in [6.07, 6.45) is 5.04. The molecule has 1 heterocycles. The highest BCUT2D eigenvalue weighted by atomic mass is 19.1. The van der Waals surface area contributed by atoms with Crippen LogP contribution >= 0.6 is 0 Å². The minimum absolute atomic E-state index is 0.183. The Balaban J connectivity index is 2.03. The number of carbonyl (C=O) groups is 1. The summed E-state index contributed by atoms with van der Waals surface area (Å²) in [5.41, 5.74) is 4.27. The van der Waals surface area contributed by atoms with Gasteiger partial charge in [0.05, 0.1) is 6.61 Å². The van der Waals surface area contributed by atoms with Gasteiger partial charge in [0.15, 0.2) is 0 Å². The van der Waals surface area contributed by atoms with Crippen LogP contribution in [-0.2, 0) is 16.1 Å². The van der Waals surface area contributed by atoms with Crippen LogP contribution in [0.3, 0.4) is 0 Å². The molecule has 0 saturated heterocycles. The van der Waals surface area contributed by atoms with E-state index in [0.717, 1.165) is 34.3 Å². The van der Waals surface area contributed by atoms with Crippen molar-refractivity contribution in [1.29, 1.82) is 0 Å². The molecule has 0 fully saturated rings. The first-order valence-corrected chi connectivity index (χ1v) is 9.35. The summed E-state index contributed by atoms with van der Waals surface area (Å²) >= 11 is 0. The molecule has 0 unspecified atom stereocenters. The summed E-state index contributed by atoms with van der Waals surface area (Å²) in [4.78, 5) is 11.5. The highest BCUT2D eigenvalue weighted by molar-refractivity contribution is 6.00.